The van der Waals surface area contributed by atoms with Crippen LogP contribution >= 0.6 is 23.2 Å². The molecule has 0 aromatic carbocycles. The molecule has 2 atom stereocenters. The van der Waals surface area contributed by atoms with Crippen molar-refractivity contribution in [1.82, 2.24) is 0 Å². The molecule has 0 N–H and O–H groups in total. The Kier molecular flexibility index (Phi) is 2.50. The quantitative estimate of drug-likeness (QED) is 0.667. The molecule has 0 spiro atoms. The van der Waals surface area contributed by atoms with E-state index in [1.807, 2.05) is 13.8 Å². The summed E-state index contributed by atoms with van der Waals surface area (Å²) in [4.78, 5) is 21.8. The van der Waals surface area contributed by atoms with Gasteiger partial charge in [-0.2, -0.15) is 0 Å². The summed E-state index contributed by atoms with van der Waals surface area (Å²) in [5.74, 6) is -0.278. The van der Waals surface area contributed by atoms with Crippen LogP contribution in [0.15, 0.2) is 0 Å². The van der Waals surface area contributed by atoms with Gasteiger partial charge < -0.3 is 0 Å². The highest BCUT2D eigenvalue weighted by molar-refractivity contribution is 6.68. The number of carbonyl (C=O) groups is 2. The van der Waals surface area contributed by atoms with Crippen molar-refractivity contribution >= 4 is 33.7 Å². The van der Waals surface area contributed by atoms with Gasteiger partial charge >= 0.3 is 0 Å². The minimum absolute atomic E-state index is 0.0789. The third-order valence-corrected chi connectivity index (χ3v) is 3.29. The molecule has 0 aromatic rings. The molecule has 12 heavy (non-hydrogen) atoms. The van der Waals surface area contributed by atoms with Crippen LogP contribution in [0.25, 0.3) is 0 Å². The van der Waals surface area contributed by atoms with Gasteiger partial charge in [-0.05, 0) is 35.5 Å². The Morgan fingerprint density at radius 2 is 1.92 bits per heavy atom. The minimum Gasteiger partial charge on any atom is -0.281 e. The SMILES string of the molecule is CC(C)[C@]1(C(=O)Cl)C[C@@H]1C(=O)Cl. The van der Waals surface area contributed by atoms with Crippen molar-refractivity contribution in [3.05, 3.63) is 0 Å². The summed E-state index contributed by atoms with van der Waals surface area (Å²) in [7, 11) is 0. The molecule has 4 heteroatoms. The molecule has 68 valence electrons. The lowest BCUT2D eigenvalue weighted by molar-refractivity contribution is -0.121. The van der Waals surface area contributed by atoms with Gasteiger partial charge in [0.2, 0.25) is 10.5 Å². The molecule has 0 radical (unpaired) electrons. The minimum atomic E-state index is -0.666. The summed E-state index contributed by atoms with van der Waals surface area (Å²) >= 11 is 10.7. The predicted molar refractivity (Wildman–Crippen MR) is 47.1 cm³/mol. The highest BCUT2D eigenvalue weighted by atomic mass is 35.5. The zero-order chi connectivity index (χ0) is 9.52. The molecule has 0 aliphatic heterocycles. The second-order valence-electron chi connectivity index (χ2n) is 3.53. The fourth-order valence-electron chi connectivity index (χ4n) is 1.64. The summed E-state index contributed by atoms with van der Waals surface area (Å²) in [6.45, 7) is 3.75. The number of rotatable bonds is 3. The van der Waals surface area contributed by atoms with E-state index in [4.69, 9.17) is 23.2 Å². The van der Waals surface area contributed by atoms with Gasteiger partial charge in [0.05, 0.1) is 5.41 Å². The van der Waals surface area contributed by atoms with Gasteiger partial charge in [-0.15, -0.1) is 0 Å². The van der Waals surface area contributed by atoms with Gasteiger partial charge in [0.1, 0.15) is 0 Å². The Morgan fingerprint density at radius 1 is 1.42 bits per heavy atom. The molecular weight excluding hydrogens is 199 g/mol. The monoisotopic (exact) mass is 208 g/mol. The van der Waals surface area contributed by atoms with E-state index < -0.39 is 15.9 Å². The highest BCUT2D eigenvalue weighted by Crippen LogP contribution is 2.60. The van der Waals surface area contributed by atoms with Gasteiger partial charge in [-0.3, -0.25) is 9.59 Å². The Balaban J connectivity index is 2.83. The van der Waals surface area contributed by atoms with Crippen LogP contribution in [-0.4, -0.2) is 10.5 Å². The Bertz CT molecular complexity index is 237. The van der Waals surface area contributed by atoms with Crippen molar-refractivity contribution in [3.63, 3.8) is 0 Å². The molecule has 2 nitrogen and oxygen atoms in total. The normalized spacial score (nSPS) is 33.6. The summed E-state index contributed by atoms with van der Waals surface area (Å²) in [6, 6.07) is 0. The van der Waals surface area contributed by atoms with E-state index in [9.17, 15) is 9.59 Å². The molecule has 1 saturated carbocycles. The van der Waals surface area contributed by atoms with Crippen LogP contribution in [0.3, 0.4) is 0 Å². The molecule has 0 unspecified atom stereocenters. The molecule has 0 saturated heterocycles. The van der Waals surface area contributed by atoms with E-state index in [-0.39, 0.29) is 11.8 Å². The fourth-order valence-corrected chi connectivity index (χ4v) is 2.34. The van der Waals surface area contributed by atoms with Gasteiger partial charge in [0.15, 0.2) is 0 Å². The first-order valence-electron chi connectivity index (χ1n) is 3.82. The molecule has 1 rings (SSSR count). The van der Waals surface area contributed by atoms with E-state index in [0.717, 1.165) is 0 Å². The molecule has 1 fully saturated rings. The van der Waals surface area contributed by atoms with E-state index >= 15 is 0 Å². The number of carbonyl (C=O) groups excluding carboxylic acids is 2. The summed E-state index contributed by atoms with van der Waals surface area (Å²) in [5, 5.41) is -0.880. The van der Waals surface area contributed by atoms with Gasteiger partial charge in [0, 0.05) is 5.92 Å². The second kappa shape index (κ2) is 3.00. The van der Waals surface area contributed by atoms with E-state index in [1.54, 1.807) is 0 Å². The average molecular weight is 209 g/mol. The number of halogens is 2. The second-order valence-corrected chi connectivity index (χ2v) is 4.25. The van der Waals surface area contributed by atoms with Crippen LogP contribution in [0.2, 0.25) is 0 Å². The number of hydrogen-bond donors (Lipinski definition) is 0. The van der Waals surface area contributed by atoms with E-state index in [1.165, 1.54) is 0 Å². The van der Waals surface area contributed by atoms with Crippen LogP contribution in [0.4, 0.5) is 0 Å². The molecule has 0 heterocycles. The van der Waals surface area contributed by atoms with Crippen molar-refractivity contribution < 1.29 is 9.59 Å². The first-order valence-corrected chi connectivity index (χ1v) is 4.57. The Labute approximate surface area is 81.2 Å². The third kappa shape index (κ3) is 1.27. The molecular formula is C8H10Cl2O2. The molecule has 1 aliphatic carbocycles. The van der Waals surface area contributed by atoms with Crippen molar-refractivity contribution in [2.24, 2.45) is 17.3 Å². The summed E-state index contributed by atoms with van der Waals surface area (Å²) < 4.78 is 0. The highest BCUT2D eigenvalue weighted by Gasteiger charge is 2.63. The van der Waals surface area contributed by atoms with Crippen LogP contribution in [0, 0.1) is 17.3 Å². The van der Waals surface area contributed by atoms with Crippen molar-refractivity contribution in [3.8, 4) is 0 Å². The maximum atomic E-state index is 11.0. The largest absolute Gasteiger partial charge is 0.281 e. The summed E-state index contributed by atoms with van der Waals surface area (Å²) in [6.07, 6.45) is 0.509. The van der Waals surface area contributed by atoms with E-state index in [0.29, 0.717) is 6.42 Å². The van der Waals surface area contributed by atoms with Crippen LogP contribution in [-0.2, 0) is 9.59 Å². The maximum Gasteiger partial charge on any atom is 0.228 e. The first kappa shape index (κ1) is 10.0. The van der Waals surface area contributed by atoms with Crippen molar-refractivity contribution in [2.75, 3.05) is 0 Å². The Hall–Kier alpha value is -0.0800. The smallest absolute Gasteiger partial charge is 0.228 e. The lowest BCUT2D eigenvalue weighted by Gasteiger charge is -2.14. The lowest BCUT2D eigenvalue weighted by atomic mass is 9.91. The maximum absolute atomic E-state index is 11.0. The predicted octanol–water partition coefficient (Wildman–Crippen LogP) is 2.18. The lowest BCUT2D eigenvalue weighted by Crippen LogP contribution is -2.21. The molecule has 1 aliphatic rings. The van der Waals surface area contributed by atoms with Crippen molar-refractivity contribution in [2.45, 2.75) is 20.3 Å². The summed E-state index contributed by atoms with van der Waals surface area (Å²) in [5.41, 5.74) is -0.666. The van der Waals surface area contributed by atoms with Gasteiger partial charge in [0.25, 0.3) is 0 Å². The molecule has 0 amide bonds. The fraction of sp³-hybridized carbons (Fsp3) is 0.750. The van der Waals surface area contributed by atoms with Gasteiger partial charge in [-0.25, -0.2) is 0 Å². The van der Waals surface area contributed by atoms with Crippen LogP contribution in [0.5, 0.6) is 0 Å². The third-order valence-electron chi connectivity index (χ3n) is 2.67. The van der Waals surface area contributed by atoms with Crippen molar-refractivity contribution in [1.29, 1.82) is 0 Å². The first-order chi connectivity index (χ1) is 5.43. The standard InChI is InChI=1S/C8H10Cl2O2/c1-4(2)8(7(10)12)3-5(8)6(9)11/h4-5H,3H2,1-2H3/t5-,8-/m1/s1. The topological polar surface area (TPSA) is 34.1 Å². The zero-order valence-electron chi connectivity index (χ0n) is 6.93. The zero-order valence-corrected chi connectivity index (χ0v) is 8.45. The van der Waals surface area contributed by atoms with Crippen LogP contribution < -0.4 is 0 Å². The number of hydrogen-bond acceptors (Lipinski definition) is 2. The van der Waals surface area contributed by atoms with Gasteiger partial charge in [-0.1, -0.05) is 13.8 Å². The average Bonchev–Trinajstić information content (AvgIpc) is 2.60. The van der Waals surface area contributed by atoms with E-state index in [2.05, 4.69) is 0 Å². The van der Waals surface area contributed by atoms with Crippen LogP contribution in [0.1, 0.15) is 20.3 Å². The molecule has 0 aromatic heterocycles. The molecule has 0 bridgehead atoms. The Morgan fingerprint density at radius 3 is 2.00 bits per heavy atom.